The molecule has 7 heteroatoms. The number of aldehydes is 1. The number of anilines is 2. The summed E-state index contributed by atoms with van der Waals surface area (Å²) in [5.41, 5.74) is 2.12. The van der Waals surface area contributed by atoms with Gasteiger partial charge in [0.2, 0.25) is 11.8 Å². The second kappa shape index (κ2) is 6.35. The molecular formula is C25H17N2O5-. The van der Waals surface area contributed by atoms with Crippen LogP contribution >= 0.6 is 0 Å². The Kier molecular flexibility index (Phi) is 3.75. The average molecular weight is 425 g/mol. The van der Waals surface area contributed by atoms with Gasteiger partial charge < -0.3 is 15.2 Å². The lowest BCUT2D eigenvalue weighted by Gasteiger charge is -2.51. The van der Waals surface area contributed by atoms with Crippen molar-refractivity contribution in [1.82, 2.24) is 0 Å². The molecule has 7 rings (SSSR count). The predicted octanol–water partition coefficient (Wildman–Crippen LogP) is 3.13. The molecule has 2 amide bonds. The Bertz CT molecular complexity index is 1270. The fraction of sp³-hybridized carbons (Fsp3) is 0.160. The predicted molar refractivity (Wildman–Crippen MR) is 115 cm³/mol. The summed E-state index contributed by atoms with van der Waals surface area (Å²) in [6.45, 7) is 0. The van der Waals surface area contributed by atoms with Crippen LogP contribution in [0.4, 0.5) is 11.4 Å². The molecule has 158 valence electrons. The van der Waals surface area contributed by atoms with Gasteiger partial charge in [0.25, 0.3) is 0 Å². The highest BCUT2D eigenvalue weighted by Crippen LogP contribution is 2.63. The minimum absolute atomic E-state index is 0.0994. The van der Waals surface area contributed by atoms with Crippen LogP contribution in [-0.2, 0) is 19.8 Å². The lowest BCUT2D eigenvalue weighted by atomic mass is 9.48. The second-order valence-corrected chi connectivity index (χ2v) is 8.45. The average Bonchev–Trinajstić information content (AvgIpc) is 3.10. The Labute approximate surface area is 183 Å². The molecule has 32 heavy (non-hydrogen) atoms. The molecule has 0 radical (unpaired) electrons. The van der Waals surface area contributed by atoms with Crippen molar-refractivity contribution in [3.63, 3.8) is 0 Å². The van der Waals surface area contributed by atoms with Crippen molar-refractivity contribution in [2.75, 3.05) is 10.1 Å². The van der Waals surface area contributed by atoms with Crippen LogP contribution in [0.1, 0.15) is 28.2 Å². The molecule has 0 unspecified atom stereocenters. The molecule has 1 N–H and O–H groups in total. The van der Waals surface area contributed by atoms with E-state index in [0.29, 0.717) is 0 Å². The maximum absolute atomic E-state index is 13.8. The van der Waals surface area contributed by atoms with Gasteiger partial charge in [0, 0.05) is 5.92 Å². The number of hydrogen-bond acceptors (Lipinski definition) is 6. The van der Waals surface area contributed by atoms with Gasteiger partial charge in [-0.2, -0.15) is 0 Å². The summed E-state index contributed by atoms with van der Waals surface area (Å²) in [7, 11) is 0. The van der Waals surface area contributed by atoms with Crippen LogP contribution in [0.15, 0.2) is 72.8 Å². The van der Waals surface area contributed by atoms with Gasteiger partial charge in [-0.25, -0.2) is 4.90 Å². The first-order valence-corrected chi connectivity index (χ1v) is 10.3. The highest BCUT2D eigenvalue weighted by atomic mass is 16.8. The zero-order valence-corrected chi connectivity index (χ0v) is 16.7. The van der Waals surface area contributed by atoms with Crippen LogP contribution < -0.4 is 10.1 Å². The van der Waals surface area contributed by atoms with Crippen LogP contribution in [0.5, 0.6) is 0 Å². The minimum Gasteiger partial charge on any atom is -0.733 e. The van der Waals surface area contributed by atoms with E-state index in [1.54, 1.807) is 0 Å². The van der Waals surface area contributed by atoms with Crippen molar-refractivity contribution in [2.45, 2.75) is 11.3 Å². The van der Waals surface area contributed by atoms with Crippen molar-refractivity contribution in [1.29, 1.82) is 0 Å². The fourth-order valence-corrected chi connectivity index (χ4v) is 6.04. The van der Waals surface area contributed by atoms with Crippen molar-refractivity contribution in [3.8, 4) is 0 Å². The van der Waals surface area contributed by atoms with Gasteiger partial charge in [0.15, 0.2) is 0 Å². The van der Waals surface area contributed by atoms with E-state index in [9.17, 15) is 24.8 Å². The molecule has 3 aliphatic carbocycles. The number of amides is 2. The summed E-state index contributed by atoms with van der Waals surface area (Å²) in [5, 5.41) is 20.3. The number of benzene rings is 3. The third-order valence-corrected chi connectivity index (χ3v) is 7.18. The van der Waals surface area contributed by atoms with Crippen molar-refractivity contribution in [3.05, 3.63) is 100 Å². The first-order chi connectivity index (χ1) is 15.5. The molecule has 4 aliphatic rings. The normalized spacial score (nSPS) is 27.1. The highest BCUT2D eigenvalue weighted by Gasteiger charge is 2.68. The Morgan fingerprint density at radius 2 is 1.53 bits per heavy atom. The summed E-state index contributed by atoms with van der Waals surface area (Å²) < 4.78 is 0. The number of nitrogens with zero attached hydrogens (tertiary/aromatic N) is 2. The third-order valence-electron chi connectivity index (χ3n) is 7.18. The van der Waals surface area contributed by atoms with Crippen molar-refractivity contribution < 1.29 is 19.6 Å². The summed E-state index contributed by atoms with van der Waals surface area (Å²) in [6.07, 6.45) is 0.815. The largest absolute Gasteiger partial charge is 0.733 e. The third kappa shape index (κ3) is 2.09. The smallest absolute Gasteiger partial charge is 0.239 e. The molecule has 0 saturated carbocycles. The van der Waals surface area contributed by atoms with E-state index < -0.39 is 29.1 Å². The maximum atomic E-state index is 13.8. The minimum atomic E-state index is -1.27. The number of carbonyl (C=O) groups excluding carboxylic acids is 3. The molecule has 3 aromatic rings. The van der Waals surface area contributed by atoms with E-state index in [2.05, 4.69) is 0 Å². The van der Waals surface area contributed by atoms with Gasteiger partial charge in [-0.15, -0.1) is 0 Å². The molecule has 1 heterocycles. The van der Waals surface area contributed by atoms with E-state index in [-0.39, 0.29) is 22.5 Å². The van der Waals surface area contributed by atoms with Crippen molar-refractivity contribution in [2.24, 2.45) is 11.8 Å². The van der Waals surface area contributed by atoms with Gasteiger partial charge in [0.1, 0.15) is 6.29 Å². The van der Waals surface area contributed by atoms with Gasteiger partial charge in [0.05, 0.1) is 28.6 Å². The van der Waals surface area contributed by atoms with E-state index in [0.717, 1.165) is 33.4 Å². The number of imide groups is 1. The van der Waals surface area contributed by atoms with Gasteiger partial charge >= 0.3 is 0 Å². The van der Waals surface area contributed by atoms with Crippen LogP contribution in [0.2, 0.25) is 0 Å². The van der Waals surface area contributed by atoms with Gasteiger partial charge in [-0.3, -0.25) is 14.8 Å². The lowest BCUT2D eigenvalue weighted by molar-refractivity contribution is -0.128. The first-order valence-electron chi connectivity index (χ1n) is 10.3. The lowest BCUT2D eigenvalue weighted by Crippen LogP contribution is -2.54. The molecule has 2 bridgehead atoms. The standard InChI is InChI=1S/C25H17N2O5/c28-13-25-18-10-3-1-8-16(18)20(17-9-2-4-11-19(17)25)21-22(25)24(30)26(23(21)29)14-6-5-7-15(12-14)27(31)32/h1-13,20-22,31H/q-1/t20?,21-,22-,25?/m0/s1. The molecule has 3 aromatic carbocycles. The highest BCUT2D eigenvalue weighted by molar-refractivity contribution is 6.25. The molecule has 1 saturated heterocycles. The molecule has 0 aromatic heterocycles. The number of carbonyl (C=O) groups is 3. The maximum Gasteiger partial charge on any atom is 0.239 e. The zero-order chi connectivity index (χ0) is 22.2. The Morgan fingerprint density at radius 3 is 2.12 bits per heavy atom. The van der Waals surface area contributed by atoms with Gasteiger partial charge in [-0.1, -0.05) is 54.6 Å². The summed E-state index contributed by atoms with van der Waals surface area (Å²) >= 11 is 0. The Morgan fingerprint density at radius 1 is 0.906 bits per heavy atom. The first kappa shape index (κ1) is 18.9. The topological polar surface area (TPSA) is 101 Å². The second-order valence-electron chi connectivity index (χ2n) is 8.45. The SMILES string of the molecule is O=CC12c3ccccc3C(c3ccccc31)[C@@H]1C(=O)N(c3cccc(N([O-])O)c3)C(=O)[C@H]12. The van der Waals surface area contributed by atoms with E-state index in [1.165, 1.54) is 24.3 Å². The molecule has 0 spiro atoms. The number of hydrogen-bond donors (Lipinski definition) is 1. The molecule has 1 aliphatic heterocycles. The quantitative estimate of drug-likeness (QED) is 0.393. The monoisotopic (exact) mass is 425 g/mol. The molecule has 2 atom stereocenters. The molecule has 7 nitrogen and oxygen atoms in total. The van der Waals surface area contributed by atoms with Crippen LogP contribution in [-0.4, -0.2) is 23.3 Å². The summed E-state index contributed by atoms with van der Waals surface area (Å²) in [6, 6.07) is 20.7. The van der Waals surface area contributed by atoms with E-state index in [1.807, 2.05) is 48.5 Å². The van der Waals surface area contributed by atoms with Gasteiger partial charge in [-0.05, 0) is 40.5 Å². The van der Waals surface area contributed by atoms with E-state index >= 15 is 0 Å². The number of rotatable bonds is 3. The van der Waals surface area contributed by atoms with E-state index in [4.69, 9.17) is 0 Å². The Hall–Kier alpha value is -3.81. The van der Waals surface area contributed by atoms with Crippen LogP contribution in [0.3, 0.4) is 0 Å². The molecule has 1 fully saturated rings. The molecular weight excluding hydrogens is 408 g/mol. The van der Waals surface area contributed by atoms with Crippen molar-refractivity contribution >= 4 is 29.5 Å². The Balaban J connectivity index is 1.61. The zero-order valence-electron chi connectivity index (χ0n) is 16.7. The summed E-state index contributed by atoms with van der Waals surface area (Å²) in [5.74, 6) is -2.86. The van der Waals surface area contributed by atoms with Crippen LogP contribution in [0.25, 0.3) is 0 Å². The summed E-state index contributed by atoms with van der Waals surface area (Å²) in [4.78, 5) is 41.5. The van der Waals surface area contributed by atoms with Crippen LogP contribution in [0, 0.1) is 17.0 Å². The fourth-order valence-electron chi connectivity index (χ4n) is 6.04.